The number of benzene rings is 1. The molecule has 1 unspecified atom stereocenters. The van der Waals surface area contributed by atoms with Gasteiger partial charge in [0.15, 0.2) is 27.9 Å². The first-order valence-corrected chi connectivity index (χ1v) is 10.8. The van der Waals surface area contributed by atoms with Crippen LogP contribution in [0.3, 0.4) is 0 Å². The van der Waals surface area contributed by atoms with E-state index in [1.807, 2.05) is 0 Å². The number of ether oxygens (including phenoxy) is 2. The van der Waals surface area contributed by atoms with Crippen LogP contribution in [0.5, 0.6) is 11.5 Å². The highest BCUT2D eigenvalue weighted by molar-refractivity contribution is 7.91. The van der Waals surface area contributed by atoms with E-state index in [1.54, 1.807) is 4.90 Å². The minimum atomic E-state index is -2.93. The van der Waals surface area contributed by atoms with Gasteiger partial charge in [-0.15, -0.1) is 0 Å². The number of hydrogen-bond donors (Lipinski definition) is 0. The lowest BCUT2D eigenvalue weighted by Gasteiger charge is -2.37. The van der Waals surface area contributed by atoms with Gasteiger partial charge in [0.1, 0.15) is 0 Å². The zero-order valence-corrected chi connectivity index (χ0v) is 16.4. The third-order valence-electron chi connectivity index (χ3n) is 5.10. The van der Waals surface area contributed by atoms with Crippen molar-refractivity contribution in [2.75, 3.05) is 51.4 Å². The number of sulfone groups is 1. The molecule has 2 aliphatic rings. The standard InChI is InChI=1S/C17H23N3O7S/c1-26-15-3-2-13(20(22)23)10-16(15)27-11-17(21)19-7-5-18(6-8-19)14-4-9-28(24,25)12-14/h2-3,10,14H,4-9,11-12H2,1H3. The maximum Gasteiger partial charge on any atom is 0.273 e. The Morgan fingerprint density at radius 3 is 2.54 bits per heavy atom. The molecule has 1 aromatic carbocycles. The molecule has 1 aromatic rings. The van der Waals surface area contributed by atoms with Gasteiger partial charge in [0.25, 0.3) is 11.6 Å². The van der Waals surface area contributed by atoms with Gasteiger partial charge in [-0.3, -0.25) is 19.8 Å². The van der Waals surface area contributed by atoms with Crippen LogP contribution in [-0.4, -0.2) is 86.5 Å². The van der Waals surface area contributed by atoms with Gasteiger partial charge in [-0.2, -0.15) is 0 Å². The molecule has 0 saturated carbocycles. The first-order chi connectivity index (χ1) is 13.3. The number of carbonyl (C=O) groups excluding carboxylic acids is 1. The Balaban J connectivity index is 1.53. The Morgan fingerprint density at radius 1 is 1.25 bits per heavy atom. The van der Waals surface area contributed by atoms with Crippen molar-refractivity contribution in [1.82, 2.24) is 9.80 Å². The average Bonchev–Trinajstić information content (AvgIpc) is 3.05. The molecule has 0 aliphatic carbocycles. The molecule has 2 aliphatic heterocycles. The van der Waals surface area contributed by atoms with Crippen LogP contribution in [0.15, 0.2) is 18.2 Å². The van der Waals surface area contributed by atoms with E-state index >= 15 is 0 Å². The monoisotopic (exact) mass is 413 g/mol. The Morgan fingerprint density at radius 2 is 1.96 bits per heavy atom. The second-order valence-electron chi connectivity index (χ2n) is 6.85. The van der Waals surface area contributed by atoms with Gasteiger partial charge in [0, 0.05) is 38.3 Å². The van der Waals surface area contributed by atoms with Gasteiger partial charge in [-0.05, 0) is 12.5 Å². The number of nitro groups is 1. The van der Waals surface area contributed by atoms with Gasteiger partial charge >= 0.3 is 0 Å². The third-order valence-corrected chi connectivity index (χ3v) is 6.85. The number of rotatable bonds is 6. The van der Waals surface area contributed by atoms with Gasteiger partial charge in [-0.1, -0.05) is 0 Å². The van der Waals surface area contributed by atoms with E-state index in [0.29, 0.717) is 38.3 Å². The first-order valence-electron chi connectivity index (χ1n) is 8.96. The summed E-state index contributed by atoms with van der Waals surface area (Å²) in [5, 5.41) is 10.9. The summed E-state index contributed by atoms with van der Waals surface area (Å²) in [6.45, 7) is 1.96. The highest BCUT2D eigenvalue weighted by Crippen LogP contribution is 2.31. The molecule has 0 radical (unpaired) electrons. The molecule has 2 saturated heterocycles. The molecule has 2 heterocycles. The van der Waals surface area contributed by atoms with Crippen LogP contribution in [0.2, 0.25) is 0 Å². The van der Waals surface area contributed by atoms with E-state index in [9.17, 15) is 23.3 Å². The maximum atomic E-state index is 12.4. The van der Waals surface area contributed by atoms with Crippen molar-refractivity contribution in [3.05, 3.63) is 28.3 Å². The Bertz CT molecular complexity index is 850. The quantitative estimate of drug-likeness (QED) is 0.483. The molecule has 10 nitrogen and oxygen atoms in total. The van der Waals surface area contributed by atoms with E-state index in [1.165, 1.54) is 25.3 Å². The lowest BCUT2D eigenvalue weighted by Crippen LogP contribution is -2.53. The lowest BCUT2D eigenvalue weighted by molar-refractivity contribution is -0.385. The molecule has 0 N–H and O–H groups in total. The van der Waals surface area contributed by atoms with E-state index < -0.39 is 14.8 Å². The van der Waals surface area contributed by atoms with Crippen LogP contribution < -0.4 is 9.47 Å². The van der Waals surface area contributed by atoms with Crippen molar-refractivity contribution in [1.29, 1.82) is 0 Å². The molecular formula is C17H23N3O7S. The summed E-state index contributed by atoms with van der Waals surface area (Å²) in [7, 11) is -1.52. The van der Waals surface area contributed by atoms with Crippen molar-refractivity contribution in [2.45, 2.75) is 12.5 Å². The van der Waals surface area contributed by atoms with Crippen molar-refractivity contribution in [2.24, 2.45) is 0 Å². The van der Waals surface area contributed by atoms with Crippen molar-refractivity contribution < 1.29 is 27.6 Å². The molecule has 1 amide bonds. The molecule has 0 aromatic heterocycles. The van der Waals surface area contributed by atoms with E-state index in [4.69, 9.17) is 9.47 Å². The van der Waals surface area contributed by atoms with E-state index in [2.05, 4.69) is 4.90 Å². The highest BCUT2D eigenvalue weighted by atomic mass is 32.2. The van der Waals surface area contributed by atoms with Crippen LogP contribution in [0.1, 0.15) is 6.42 Å². The largest absolute Gasteiger partial charge is 0.493 e. The second kappa shape index (κ2) is 8.31. The highest BCUT2D eigenvalue weighted by Gasteiger charge is 2.34. The fraction of sp³-hybridized carbons (Fsp3) is 0.588. The molecule has 0 bridgehead atoms. The summed E-state index contributed by atoms with van der Waals surface area (Å²) in [5.74, 6) is 0.643. The third kappa shape index (κ3) is 4.71. The fourth-order valence-electron chi connectivity index (χ4n) is 3.52. The average molecular weight is 413 g/mol. The molecular weight excluding hydrogens is 390 g/mol. The van der Waals surface area contributed by atoms with E-state index in [0.717, 1.165) is 0 Å². The summed E-state index contributed by atoms with van der Waals surface area (Å²) in [4.78, 5) is 26.6. The lowest BCUT2D eigenvalue weighted by atomic mass is 10.2. The predicted octanol–water partition coefficient (Wildman–Crippen LogP) is 0.314. The number of non-ortho nitro benzene ring substituents is 1. The summed E-state index contributed by atoms with van der Waals surface area (Å²) in [5.41, 5.74) is -0.150. The summed E-state index contributed by atoms with van der Waals surface area (Å²) >= 11 is 0. The van der Waals surface area contributed by atoms with Crippen LogP contribution in [0, 0.1) is 10.1 Å². The van der Waals surface area contributed by atoms with Crippen LogP contribution in [0.25, 0.3) is 0 Å². The topological polar surface area (TPSA) is 119 Å². The van der Waals surface area contributed by atoms with E-state index in [-0.39, 0.29) is 41.5 Å². The predicted molar refractivity (Wildman–Crippen MR) is 100 cm³/mol. The maximum absolute atomic E-state index is 12.4. The number of carbonyl (C=O) groups is 1. The van der Waals surface area contributed by atoms with Gasteiger partial charge in [-0.25, -0.2) is 8.42 Å². The summed E-state index contributed by atoms with van der Waals surface area (Å²) in [6, 6.07) is 3.99. The van der Waals surface area contributed by atoms with Crippen molar-refractivity contribution >= 4 is 21.4 Å². The normalized spacial score (nSPS) is 22.0. The first kappa shape index (κ1) is 20.3. The number of piperazine rings is 1. The Kier molecular flexibility index (Phi) is 6.04. The second-order valence-corrected chi connectivity index (χ2v) is 9.08. The van der Waals surface area contributed by atoms with Gasteiger partial charge < -0.3 is 14.4 Å². The summed E-state index contributed by atoms with van der Waals surface area (Å²) in [6.07, 6.45) is 0.645. The number of amides is 1. The molecule has 2 fully saturated rings. The number of methoxy groups -OCH3 is 1. The van der Waals surface area contributed by atoms with Gasteiger partial charge in [0.2, 0.25) is 0 Å². The van der Waals surface area contributed by atoms with Crippen LogP contribution in [-0.2, 0) is 14.6 Å². The van der Waals surface area contributed by atoms with Crippen LogP contribution >= 0.6 is 0 Å². The molecule has 1 atom stereocenters. The molecule has 3 rings (SSSR count). The SMILES string of the molecule is COc1ccc([N+](=O)[O-])cc1OCC(=O)N1CCN(C2CCS(=O)(=O)C2)CC1. The van der Waals surface area contributed by atoms with Crippen LogP contribution in [0.4, 0.5) is 5.69 Å². The molecule has 0 spiro atoms. The van der Waals surface area contributed by atoms with Crippen molar-refractivity contribution in [3.8, 4) is 11.5 Å². The number of nitro benzene ring substituents is 1. The zero-order valence-electron chi connectivity index (χ0n) is 15.6. The number of hydrogen-bond acceptors (Lipinski definition) is 8. The summed E-state index contributed by atoms with van der Waals surface area (Å²) < 4.78 is 33.9. The smallest absolute Gasteiger partial charge is 0.273 e. The minimum absolute atomic E-state index is 0.0348. The molecule has 154 valence electrons. The molecule has 11 heteroatoms. The van der Waals surface area contributed by atoms with Crippen molar-refractivity contribution in [3.63, 3.8) is 0 Å². The van der Waals surface area contributed by atoms with Gasteiger partial charge in [0.05, 0.1) is 29.6 Å². The molecule has 28 heavy (non-hydrogen) atoms. The Hall–Kier alpha value is -2.40. The fourth-order valence-corrected chi connectivity index (χ4v) is 5.28. The number of nitrogens with zero attached hydrogens (tertiary/aromatic N) is 3. The minimum Gasteiger partial charge on any atom is -0.493 e. The Labute approximate surface area is 163 Å². The zero-order chi connectivity index (χ0) is 20.3.